The van der Waals surface area contributed by atoms with Crippen molar-refractivity contribution < 1.29 is 9.09 Å². The summed E-state index contributed by atoms with van der Waals surface area (Å²) in [7, 11) is 0. The lowest BCUT2D eigenvalue weighted by Crippen LogP contribution is -1.86. The summed E-state index contributed by atoms with van der Waals surface area (Å²) < 4.78 is 15.8. The van der Waals surface area contributed by atoms with Crippen molar-refractivity contribution in [3.8, 4) is 5.75 Å². The Bertz CT molecular complexity index is 359. The van der Waals surface area contributed by atoms with Gasteiger partial charge in [0, 0.05) is 22.5 Å². The van der Waals surface area contributed by atoms with Gasteiger partial charge in [0.05, 0.1) is 0 Å². The maximum Gasteiger partial charge on any atom is 0.428 e. The van der Waals surface area contributed by atoms with Crippen LogP contribution in [-0.2, 0) is 4.57 Å². The maximum atomic E-state index is 10.9. The Labute approximate surface area is 86.8 Å². The predicted octanol–water partition coefficient (Wildman–Crippen LogP) is 4.27. The zero-order valence-electron chi connectivity index (χ0n) is 7.25. The highest BCUT2D eigenvalue weighted by Crippen LogP contribution is 2.57. The Kier molecular flexibility index (Phi) is 3.28. The van der Waals surface area contributed by atoms with Gasteiger partial charge >= 0.3 is 6.07 Å². The molecule has 0 fully saturated rings. The Morgan fingerprint density at radius 2 is 1.92 bits per heavy atom. The van der Waals surface area contributed by atoms with Crippen molar-refractivity contribution in [3.05, 3.63) is 29.3 Å². The molecule has 1 rings (SSSR count). The number of benzene rings is 1. The molecule has 0 radical (unpaired) electrons. The van der Waals surface area contributed by atoms with Crippen molar-refractivity contribution in [3.63, 3.8) is 0 Å². The maximum absolute atomic E-state index is 10.9. The van der Waals surface area contributed by atoms with Crippen molar-refractivity contribution in [1.82, 2.24) is 0 Å². The van der Waals surface area contributed by atoms with Crippen LogP contribution >= 0.6 is 28.6 Å². The van der Waals surface area contributed by atoms with Crippen molar-refractivity contribution >= 4 is 28.6 Å². The third kappa shape index (κ3) is 3.60. The summed E-state index contributed by atoms with van der Waals surface area (Å²) in [4.78, 5) is 0. The third-order valence-corrected chi connectivity index (χ3v) is 2.36. The van der Waals surface area contributed by atoms with Crippen molar-refractivity contribution in [2.75, 3.05) is 0 Å². The molecule has 0 aromatic heterocycles. The molecular weight excluding hydrogens is 230 g/mol. The second-order valence-corrected chi connectivity index (χ2v) is 6.98. The smallest absolute Gasteiger partial charge is 0.422 e. The number of hydrogen-bond acceptors (Lipinski definition) is 2. The van der Waals surface area contributed by atoms with Crippen molar-refractivity contribution in [2.45, 2.75) is 13.8 Å². The molecule has 72 valence electrons. The minimum Gasteiger partial charge on any atom is -0.422 e. The zero-order valence-corrected chi connectivity index (χ0v) is 9.66. The van der Waals surface area contributed by atoms with E-state index >= 15 is 0 Å². The molecule has 0 saturated carbocycles. The van der Waals surface area contributed by atoms with Crippen LogP contribution in [0.3, 0.4) is 0 Å². The quantitative estimate of drug-likeness (QED) is 0.720. The second-order valence-electron chi connectivity index (χ2n) is 2.77. The molecule has 2 nitrogen and oxygen atoms in total. The molecule has 0 amide bonds. The first kappa shape index (κ1) is 10.9. The van der Waals surface area contributed by atoms with Gasteiger partial charge < -0.3 is 4.52 Å². The molecule has 0 aliphatic rings. The molecule has 0 heterocycles. The van der Waals surface area contributed by atoms with Crippen LogP contribution in [0.1, 0.15) is 11.1 Å². The minimum atomic E-state index is -3.49. The van der Waals surface area contributed by atoms with Gasteiger partial charge in [-0.2, -0.15) is 0 Å². The molecule has 0 saturated heterocycles. The van der Waals surface area contributed by atoms with E-state index in [1.165, 1.54) is 0 Å². The largest absolute Gasteiger partial charge is 0.428 e. The molecule has 13 heavy (non-hydrogen) atoms. The molecule has 0 aliphatic carbocycles. The first-order chi connectivity index (χ1) is 5.88. The summed E-state index contributed by atoms with van der Waals surface area (Å²) >= 11 is 10.6. The molecule has 0 unspecified atom stereocenters. The Balaban J connectivity index is 2.97. The normalized spacial score (nSPS) is 11.4. The van der Waals surface area contributed by atoms with Crippen LogP contribution in [0.4, 0.5) is 0 Å². The van der Waals surface area contributed by atoms with E-state index in [1.807, 2.05) is 26.0 Å². The number of rotatable bonds is 2. The third-order valence-electron chi connectivity index (χ3n) is 1.54. The molecule has 0 spiro atoms. The first-order valence-electron chi connectivity index (χ1n) is 3.65. The lowest BCUT2D eigenvalue weighted by atomic mass is 10.1. The van der Waals surface area contributed by atoms with Gasteiger partial charge in [-0.3, -0.25) is 0 Å². The molecule has 1 aromatic carbocycles. The summed E-state index contributed by atoms with van der Waals surface area (Å²) in [5.41, 5.74) is 1.96. The number of halogens is 2. The van der Waals surface area contributed by atoms with Gasteiger partial charge in [0.25, 0.3) is 0 Å². The highest BCUT2D eigenvalue weighted by Gasteiger charge is 2.16. The van der Waals surface area contributed by atoms with Gasteiger partial charge in [0.15, 0.2) is 0 Å². The molecule has 1 aromatic rings. The van der Waals surface area contributed by atoms with E-state index < -0.39 is 6.07 Å². The summed E-state index contributed by atoms with van der Waals surface area (Å²) in [5.74, 6) is 0.457. The van der Waals surface area contributed by atoms with Crippen LogP contribution in [0.2, 0.25) is 0 Å². The van der Waals surface area contributed by atoms with Crippen molar-refractivity contribution in [2.24, 2.45) is 0 Å². The van der Waals surface area contributed by atoms with E-state index in [0.29, 0.717) is 5.75 Å². The Morgan fingerprint density at radius 3 is 2.38 bits per heavy atom. The fourth-order valence-corrected chi connectivity index (χ4v) is 1.90. The van der Waals surface area contributed by atoms with Crippen LogP contribution in [0, 0.1) is 13.8 Å². The predicted molar refractivity (Wildman–Crippen MR) is 55.9 cm³/mol. The molecule has 0 N–H and O–H groups in total. The van der Waals surface area contributed by atoms with Crippen molar-refractivity contribution in [1.29, 1.82) is 0 Å². The Morgan fingerprint density at radius 1 is 1.31 bits per heavy atom. The minimum absolute atomic E-state index is 0.457. The highest BCUT2D eigenvalue weighted by molar-refractivity contribution is 8.05. The lowest BCUT2D eigenvalue weighted by molar-refractivity contribution is 0.511. The van der Waals surface area contributed by atoms with Gasteiger partial charge in [0.2, 0.25) is 0 Å². The summed E-state index contributed by atoms with van der Waals surface area (Å²) in [5, 5.41) is 0. The van der Waals surface area contributed by atoms with Crippen LogP contribution in [0.5, 0.6) is 5.75 Å². The molecule has 0 atom stereocenters. The summed E-state index contributed by atoms with van der Waals surface area (Å²) in [6.07, 6.45) is -3.49. The number of aryl methyl sites for hydroxylation is 2. The van der Waals surface area contributed by atoms with Crippen LogP contribution in [0.15, 0.2) is 18.2 Å². The average molecular weight is 239 g/mol. The van der Waals surface area contributed by atoms with Gasteiger partial charge in [-0.05, 0) is 25.5 Å². The standard InChI is InChI=1S/C8H9Cl2O2P/c1-6-3-4-8(7(2)5-6)12-13(9,10)11/h3-5H,1-2H3. The van der Waals surface area contributed by atoms with Gasteiger partial charge in [-0.1, -0.05) is 17.7 Å². The van der Waals surface area contributed by atoms with Crippen LogP contribution in [-0.4, -0.2) is 0 Å². The van der Waals surface area contributed by atoms with Gasteiger partial charge in [0.1, 0.15) is 5.75 Å². The highest BCUT2D eigenvalue weighted by atomic mass is 35.9. The number of hydrogen-bond donors (Lipinski definition) is 0. The van der Waals surface area contributed by atoms with Crippen LogP contribution in [0.25, 0.3) is 0 Å². The van der Waals surface area contributed by atoms with E-state index in [4.69, 9.17) is 27.0 Å². The van der Waals surface area contributed by atoms with E-state index in [0.717, 1.165) is 11.1 Å². The molecule has 5 heteroatoms. The Hall–Kier alpha value is -0.170. The molecule has 0 aliphatic heterocycles. The lowest BCUT2D eigenvalue weighted by Gasteiger charge is -2.09. The van der Waals surface area contributed by atoms with Gasteiger partial charge in [-0.25, -0.2) is 4.57 Å². The van der Waals surface area contributed by atoms with E-state index in [9.17, 15) is 4.57 Å². The monoisotopic (exact) mass is 238 g/mol. The first-order valence-corrected chi connectivity index (χ1v) is 7.08. The van der Waals surface area contributed by atoms with E-state index in [1.54, 1.807) is 6.07 Å². The van der Waals surface area contributed by atoms with E-state index in [2.05, 4.69) is 0 Å². The average Bonchev–Trinajstić information content (AvgIpc) is 1.93. The zero-order chi connectivity index (χ0) is 10.1. The van der Waals surface area contributed by atoms with E-state index in [-0.39, 0.29) is 0 Å². The topological polar surface area (TPSA) is 26.3 Å². The summed E-state index contributed by atoms with van der Waals surface area (Å²) in [6, 6.07) is 5.44. The SMILES string of the molecule is Cc1ccc(OP(=O)(Cl)Cl)c(C)c1. The second kappa shape index (κ2) is 3.91. The fourth-order valence-electron chi connectivity index (χ4n) is 1.02. The fraction of sp³-hybridized carbons (Fsp3) is 0.250. The summed E-state index contributed by atoms with van der Waals surface area (Å²) in [6.45, 7) is 3.80. The van der Waals surface area contributed by atoms with Gasteiger partial charge in [-0.15, -0.1) is 0 Å². The van der Waals surface area contributed by atoms with Crippen LogP contribution < -0.4 is 4.52 Å². The molecular formula is C8H9Cl2O2P. The molecule has 0 bridgehead atoms.